The molecule has 5 heteroatoms. The van der Waals surface area contributed by atoms with Crippen molar-refractivity contribution in [3.05, 3.63) is 0 Å². The predicted octanol–water partition coefficient (Wildman–Crippen LogP) is 0.367. The highest BCUT2D eigenvalue weighted by atomic mass is 16.5. The number of methoxy groups -OCH3 is 1. The van der Waals surface area contributed by atoms with Gasteiger partial charge < -0.3 is 14.5 Å². The molecule has 0 aromatic carbocycles. The molecule has 5 nitrogen and oxygen atoms in total. The molecule has 1 N–H and O–H groups in total. The van der Waals surface area contributed by atoms with Crippen molar-refractivity contribution in [1.82, 2.24) is 15.1 Å². The SMILES string of the molecule is COCCN(C)CCN1C(=O)C(C)NC1C(C)C. The lowest BCUT2D eigenvalue weighted by Gasteiger charge is -2.29. The van der Waals surface area contributed by atoms with Gasteiger partial charge in [-0.05, 0) is 19.9 Å². The molecule has 0 bridgehead atoms. The average Bonchev–Trinajstić information content (AvgIpc) is 2.61. The Kier molecular flexibility index (Phi) is 6.05. The van der Waals surface area contributed by atoms with Gasteiger partial charge >= 0.3 is 0 Å². The standard InChI is InChI=1S/C13H27N3O2/c1-10(2)12-14-11(3)13(17)16(12)7-6-15(4)8-9-18-5/h10-12,14H,6-9H2,1-5H3. The molecule has 2 unspecified atom stereocenters. The van der Waals surface area contributed by atoms with Gasteiger partial charge in [-0.15, -0.1) is 0 Å². The van der Waals surface area contributed by atoms with E-state index in [0.717, 1.165) is 26.2 Å². The van der Waals surface area contributed by atoms with Crippen LogP contribution in [0.1, 0.15) is 20.8 Å². The number of hydrogen-bond acceptors (Lipinski definition) is 4. The van der Waals surface area contributed by atoms with Gasteiger partial charge in [0.2, 0.25) is 5.91 Å². The van der Waals surface area contributed by atoms with Crippen molar-refractivity contribution in [2.75, 3.05) is 40.4 Å². The Hall–Kier alpha value is -0.650. The maximum absolute atomic E-state index is 12.1. The molecule has 1 aliphatic heterocycles. The van der Waals surface area contributed by atoms with Crippen molar-refractivity contribution >= 4 is 5.91 Å². The first-order chi connectivity index (χ1) is 8.47. The van der Waals surface area contributed by atoms with Gasteiger partial charge in [-0.1, -0.05) is 13.8 Å². The summed E-state index contributed by atoms with van der Waals surface area (Å²) in [5.74, 6) is 0.650. The molecule has 0 saturated carbocycles. The molecule has 0 radical (unpaired) electrons. The lowest BCUT2D eigenvalue weighted by atomic mass is 10.1. The first kappa shape index (κ1) is 15.4. The number of carbonyl (C=O) groups excluding carboxylic acids is 1. The van der Waals surface area contributed by atoms with Gasteiger partial charge in [0.05, 0.1) is 18.8 Å². The highest BCUT2D eigenvalue weighted by Crippen LogP contribution is 2.16. The fraction of sp³-hybridized carbons (Fsp3) is 0.923. The molecule has 1 aliphatic rings. The number of nitrogens with one attached hydrogen (secondary N) is 1. The lowest BCUT2D eigenvalue weighted by Crippen LogP contribution is -2.44. The minimum atomic E-state index is -0.0540. The molecule has 1 fully saturated rings. The molecule has 0 spiro atoms. The Bertz CT molecular complexity index is 271. The number of hydrogen-bond donors (Lipinski definition) is 1. The first-order valence-electron chi connectivity index (χ1n) is 6.71. The Labute approximate surface area is 110 Å². The molecular weight excluding hydrogens is 230 g/mol. The molecule has 1 saturated heterocycles. The molecule has 18 heavy (non-hydrogen) atoms. The minimum Gasteiger partial charge on any atom is -0.383 e. The first-order valence-corrected chi connectivity index (χ1v) is 6.71. The summed E-state index contributed by atoms with van der Waals surface area (Å²) >= 11 is 0. The van der Waals surface area contributed by atoms with E-state index in [4.69, 9.17) is 4.74 Å². The monoisotopic (exact) mass is 257 g/mol. The van der Waals surface area contributed by atoms with Crippen LogP contribution in [-0.2, 0) is 9.53 Å². The quantitative estimate of drug-likeness (QED) is 0.715. The largest absolute Gasteiger partial charge is 0.383 e. The Morgan fingerprint density at radius 3 is 2.67 bits per heavy atom. The Morgan fingerprint density at radius 2 is 2.11 bits per heavy atom. The van der Waals surface area contributed by atoms with Crippen molar-refractivity contribution in [2.24, 2.45) is 5.92 Å². The van der Waals surface area contributed by atoms with E-state index in [9.17, 15) is 4.79 Å². The zero-order valence-electron chi connectivity index (χ0n) is 12.3. The van der Waals surface area contributed by atoms with Gasteiger partial charge in [0.25, 0.3) is 0 Å². The highest BCUT2D eigenvalue weighted by Gasteiger charge is 2.37. The van der Waals surface area contributed by atoms with Crippen molar-refractivity contribution in [3.8, 4) is 0 Å². The summed E-state index contributed by atoms with van der Waals surface area (Å²) in [6.07, 6.45) is 0.170. The van der Waals surface area contributed by atoms with Crippen molar-refractivity contribution < 1.29 is 9.53 Å². The van der Waals surface area contributed by atoms with E-state index in [1.165, 1.54) is 0 Å². The molecule has 1 amide bonds. The van der Waals surface area contributed by atoms with E-state index in [0.29, 0.717) is 5.92 Å². The van der Waals surface area contributed by atoms with Gasteiger partial charge in [-0.3, -0.25) is 10.1 Å². The van der Waals surface area contributed by atoms with Crippen molar-refractivity contribution in [2.45, 2.75) is 33.0 Å². The summed E-state index contributed by atoms with van der Waals surface area (Å²) in [6, 6.07) is -0.0540. The number of carbonyl (C=O) groups is 1. The predicted molar refractivity (Wildman–Crippen MR) is 72.3 cm³/mol. The van der Waals surface area contributed by atoms with E-state index in [-0.39, 0.29) is 18.1 Å². The Balaban J connectivity index is 2.45. The fourth-order valence-electron chi connectivity index (χ4n) is 2.24. The maximum atomic E-state index is 12.1. The summed E-state index contributed by atoms with van der Waals surface area (Å²) in [5, 5.41) is 3.35. The van der Waals surface area contributed by atoms with Crippen LogP contribution in [-0.4, -0.2) is 68.3 Å². The summed E-state index contributed by atoms with van der Waals surface area (Å²) in [6.45, 7) is 9.51. The summed E-state index contributed by atoms with van der Waals surface area (Å²) in [7, 11) is 3.76. The fourth-order valence-corrected chi connectivity index (χ4v) is 2.24. The number of rotatable bonds is 7. The van der Waals surface area contributed by atoms with E-state index in [1.807, 2.05) is 11.8 Å². The topological polar surface area (TPSA) is 44.8 Å². The normalized spacial score (nSPS) is 24.6. The van der Waals surface area contributed by atoms with Crippen LogP contribution < -0.4 is 5.32 Å². The third-order valence-electron chi connectivity index (χ3n) is 3.44. The molecule has 0 aliphatic carbocycles. The van der Waals surface area contributed by atoms with Gasteiger partial charge in [-0.2, -0.15) is 0 Å². The molecular formula is C13H27N3O2. The van der Waals surface area contributed by atoms with Crippen LogP contribution in [0.25, 0.3) is 0 Å². The van der Waals surface area contributed by atoms with E-state index in [2.05, 4.69) is 31.1 Å². The minimum absolute atomic E-state index is 0.0540. The third kappa shape index (κ3) is 3.93. The van der Waals surface area contributed by atoms with Crippen LogP contribution in [0.4, 0.5) is 0 Å². The van der Waals surface area contributed by atoms with Crippen LogP contribution in [0.5, 0.6) is 0 Å². The van der Waals surface area contributed by atoms with E-state index in [1.54, 1.807) is 7.11 Å². The van der Waals surface area contributed by atoms with Gasteiger partial charge in [0.1, 0.15) is 0 Å². The van der Waals surface area contributed by atoms with Gasteiger partial charge in [0.15, 0.2) is 0 Å². The third-order valence-corrected chi connectivity index (χ3v) is 3.44. The van der Waals surface area contributed by atoms with Gasteiger partial charge in [-0.25, -0.2) is 0 Å². The van der Waals surface area contributed by atoms with Crippen molar-refractivity contribution in [3.63, 3.8) is 0 Å². The van der Waals surface area contributed by atoms with Crippen LogP contribution in [0.3, 0.4) is 0 Å². The molecule has 0 aromatic heterocycles. The zero-order chi connectivity index (χ0) is 13.7. The van der Waals surface area contributed by atoms with Crippen LogP contribution in [0.2, 0.25) is 0 Å². The average molecular weight is 257 g/mol. The van der Waals surface area contributed by atoms with Gasteiger partial charge in [0, 0.05) is 26.7 Å². The number of ether oxygens (including phenoxy) is 1. The smallest absolute Gasteiger partial charge is 0.240 e. The second kappa shape index (κ2) is 7.07. The van der Waals surface area contributed by atoms with E-state index >= 15 is 0 Å². The number of nitrogens with zero attached hydrogens (tertiary/aromatic N) is 2. The second-order valence-corrected chi connectivity index (χ2v) is 5.40. The molecule has 0 aromatic rings. The van der Waals surface area contributed by atoms with Crippen LogP contribution in [0, 0.1) is 5.92 Å². The zero-order valence-corrected chi connectivity index (χ0v) is 12.3. The molecule has 106 valence electrons. The number of amides is 1. The molecule has 2 atom stereocenters. The molecule has 1 rings (SSSR count). The highest BCUT2D eigenvalue weighted by molar-refractivity contribution is 5.83. The molecule has 1 heterocycles. The second-order valence-electron chi connectivity index (χ2n) is 5.40. The van der Waals surface area contributed by atoms with Crippen LogP contribution >= 0.6 is 0 Å². The lowest BCUT2D eigenvalue weighted by molar-refractivity contribution is -0.130. The number of likely N-dealkylation sites (N-methyl/N-ethyl adjacent to an activating group) is 1. The van der Waals surface area contributed by atoms with E-state index < -0.39 is 0 Å². The maximum Gasteiger partial charge on any atom is 0.240 e. The summed E-state index contributed by atoms with van der Waals surface area (Å²) in [4.78, 5) is 16.2. The summed E-state index contributed by atoms with van der Waals surface area (Å²) in [5.41, 5.74) is 0. The summed E-state index contributed by atoms with van der Waals surface area (Å²) < 4.78 is 5.05. The van der Waals surface area contributed by atoms with Crippen LogP contribution in [0.15, 0.2) is 0 Å². The Morgan fingerprint density at radius 1 is 1.44 bits per heavy atom. The van der Waals surface area contributed by atoms with Crippen molar-refractivity contribution in [1.29, 1.82) is 0 Å².